The van der Waals surface area contributed by atoms with Gasteiger partial charge in [0, 0.05) is 6.07 Å². The minimum atomic E-state index is 0.203. The molecule has 0 saturated carbocycles. The van der Waals surface area contributed by atoms with Crippen molar-refractivity contribution in [2.24, 2.45) is 0 Å². The van der Waals surface area contributed by atoms with Gasteiger partial charge in [-0.05, 0) is 12.1 Å². The Balaban J connectivity index is 2.23. The number of furan rings is 1. The summed E-state index contributed by atoms with van der Waals surface area (Å²) in [5.41, 5.74) is 0. The van der Waals surface area contributed by atoms with Crippen molar-refractivity contribution >= 4 is 6.29 Å². The van der Waals surface area contributed by atoms with E-state index in [4.69, 9.17) is 9.15 Å². The van der Waals surface area contributed by atoms with E-state index >= 15 is 0 Å². The van der Waals surface area contributed by atoms with Crippen molar-refractivity contribution < 1.29 is 13.9 Å². The Morgan fingerprint density at radius 1 is 1.14 bits per heavy atom. The van der Waals surface area contributed by atoms with Crippen LogP contribution in [0.2, 0.25) is 0 Å². The van der Waals surface area contributed by atoms with Crippen LogP contribution in [0.25, 0.3) is 0 Å². The van der Waals surface area contributed by atoms with Crippen LogP contribution in [-0.4, -0.2) is 6.29 Å². The molecule has 0 aliphatic carbocycles. The molecule has 2 aromatic rings. The average molecular weight is 188 g/mol. The number of benzene rings is 1. The van der Waals surface area contributed by atoms with Crippen molar-refractivity contribution in [2.75, 3.05) is 0 Å². The molecule has 0 N–H and O–H groups in total. The molecule has 70 valence electrons. The molecule has 3 nitrogen and oxygen atoms in total. The topological polar surface area (TPSA) is 39.4 Å². The summed E-state index contributed by atoms with van der Waals surface area (Å²) >= 11 is 0. The molecule has 0 aliphatic heterocycles. The molecule has 2 rings (SSSR count). The SMILES string of the molecule is O=Cc1occc1Oc1ccccc1. The number of para-hydroxylation sites is 1. The Bertz CT molecular complexity index is 417. The summed E-state index contributed by atoms with van der Waals surface area (Å²) in [6.45, 7) is 0. The second-order valence-electron chi connectivity index (χ2n) is 2.68. The van der Waals surface area contributed by atoms with Gasteiger partial charge in [-0.3, -0.25) is 4.79 Å². The summed E-state index contributed by atoms with van der Waals surface area (Å²) in [6, 6.07) is 10.8. The van der Waals surface area contributed by atoms with Crippen LogP contribution in [0.4, 0.5) is 0 Å². The molecule has 0 saturated heterocycles. The second-order valence-corrected chi connectivity index (χ2v) is 2.68. The highest BCUT2D eigenvalue weighted by atomic mass is 16.5. The molecular weight excluding hydrogens is 180 g/mol. The van der Waals surface area contributed by atoms with Crippen LogP contribution in [-0.2, 0) is 0 Å². The van der Waals surface area contributed by atoms with E-state index in [-0.39, 0.29) is 5.76 Å². The summed E-state index contributed by atoms with van der Waals surface area (Å²) in [6.07, 6.45) is 2.04. The smallest absolute Gasteiger partial charge is 0.208 e. The quantitative estimate of drug-likeness (QED) is 0.695. The molecule has 0 amide bonds. The zero-order valence-corrected chi connectivity index (χ0v) is 7.34. The van der Waals surface area contributed by atoms with Gasteiger partial charge >= 0.3 is 0 Å². The first-order chi connectivity index (χ1) is 6.90. The third kappa shape index (κ3) is 1.66. The van der Waals surface area contributed by atoms with Crippen molar-refractivity contribution in [2.45, 2.75) is 0 Å². The van der Waals surface area contributed by atoms with Crippen LogP contribution in [0.5, 0.6) is 11.5 Å². The Labute approximate surface area is 80.9 Å². The lowest BCUT2D eigenvalue weighted by molar-refractivity contribution is 0.109. The Hall–Kier alpha value is -2.03. The van der Waals surface area contributed by atoms with Crippen molar-refractivity contribution in [1.82, 2.24) is 0 Å². The second kappa shape index (κ2) is 3.79. The first-order valence-corrected chi connectivity index (χ1v) is 4.16. The largest absolute Gasteiger partial charge is 0.457 e. The molecule has 0 spiro atoms. The molecule has 0 fully saturated rings. The lowest BCUT2D eigenvalue weighted by Crippen LogP contribution is -1.85. The summed E-state index contributed by atoms with van der Waals surface area (Å²) in [5, 5.41) is 0. The number of carbonyl (C=O) groups excluding carboxylic acids is 1. The predicted molar refractivity (Wildman–Crippen MR) is 50.6 cm³/mol. The summed E-state index contributed by atoms with van der Waals surface area (Å²) in [5.74, 6) is 1.32. The van der Waals surface area contributed by atoms with Gasteiger partial charge in [-0.15, -0.1) is 0 Å². The number of rotatable bonds is 3. The third-order valence-electron chi connectivity index (χ3n) is 1.74. The van der Waals surface area contributed by atoms with Gasteiger partial charge < -0.3 is 9.15 Å². The van der Waals surface area contributed by atoms with Crippen LogP contribution in [0.15, 0.2) is 47.1 Å². The van der Waals surface area contributed by atoms with Crippen LogP contribution in [0, 0.1) is 0 Å². The lowest BCUT2D eigenvalue weighted by Gasteiger charge is -2.01. The fourth-order valence-corrected chi connectivity index (χ4v) is 1.10. The molecule has 3 heteroatoms. The van der Waals surface area contributed by atoms with Crippen molar-refractivity contribution in [1.29, 1.82) is 0 Å². The third-order valence-corrected chi connectivity index (χ3v) is 1.74. The number of hydrogen-bond acceptors (Lipinski definition) is 3. The van der Waals surface area contributed by atoms with Crippen LogP contribution < -0.4 is 4.74 Å². The Kier molecular flexibility index (Phi) is 2.32. The van der Waals surface area contributed by atoms with E-state index in [1.165, 1.54) is 6.26 Å². The number of carbonyl (C=O) groups is 1. The minimum absolute atomic E-state index is 0.203. The molecule has 0 atom stereocenters. The van der Waals surface area contributed by atoms with Gasteiger partial charge in [0.25, 0.3) is 0 Å². The molecule has 0 bridgehead atoms. The van der Waals surface area contributed by atoms with Crippen LogP contribution in [0.1, 0.15) is 10.6 Å². The van der Waals surface area contributed by atoms with Gasteiger partial charge in [-0.1, -0.05) is 18.2 Å². The molecular formula is C11H8O3. The van der Waals surface area contributed by atoms with Crippen LogP contribution >= 0.6 is 0 Å². The fourth-order valence-electron chi connectivity index (χ4n) is 1.10. The zero-order valence-electron chi connectivity index (χ0n) is 7.34. The van der Waals surface area contributed by atoms with Crippen molar-refractivity contribution in [3.05, 3.63) is 48.4 Å². The summed E-state index contributed by atoms with van der Waals surface area (Å²) in [7, 11) is 0. The van der Waals surface area contributed by atoms with Gasteiger partial charge in [0.05, 0.1) is 6.26 Å². The summed E-state index contributed by atoms with van der Waals surface area (Å²) in [4.78, 5) is 10.5. The van der Waals surface area contributed by atoms with E-state index in [1.807, 2.05) is 30.3 Å². The first kappa shape index (κ1) is 8.56. The molecule has 0 unspecified atom stereocenters. The van der Waals surface area contributed by atoms with E-state index in [2.05, 4.69) is 0 Å². The molecule has 1 aromatic heterocycles. The van der Waals surface area contributed by atoms with Gasteiger partial charge in [0.2, 0.25) is 5.76 Å². The number of aldehydes is 1. The van der Waals surface area contributed by atoms with E-state index in [1.54, 1.807) is 6.07 Å². The normalized spacial score (nSPS) is 9.71. The molecule has 14 heavy (non-hydrogen) atoms. The predicted octanol–water partition coefficient (Wildman–Crippen LogP) is 2.88. The maximum atomic E-state index is 10.5. The van der Waals surface area contributed by atoms with Crippen molar-refractivity contribution in [3.8, 4) is 11.5 Å². The van der Waals surface area contributed by atoms with E-state index in [0.29, 0.717) is 17.8 Å². The monoisotopic (exact) mass is 188 g/mol. The van der Waals surface area contributed by atoms with Gasteiger partial charge in [-0.25, -0.2) is 0 Å². The molecule has 1 aromatic carbocycles. The highest BCUT2D eigenvalue weighted by Gasteiger charge is 2.06. The Morgan fingerprint density at radius 3 is 2.64 bits per heavy atom. The first-order valence-electron chi connectivity index (χ1n) is 4.16. The Morgan fingerprint density at radius 2 is 1.93 bits per heavy atom. The maximum Gasteiger partial charge on any atom is 0.208 e. The lowest BCUT2D eigenvalue weighted by atomic mass is 10.3. The van der Waals surface area contributed by atoms with Gasteiger partial charge in [-0.2, -0.15) is 0 Å². The average Bonchev–Trinajstić information content (AvgIpc) is 2.67. The standard InChI is InChI=1S/C11H8O3/c12-8-11-10(6-7-13-11)14-9-4-2-1-3-5-9/h1-8H. The van der Waals surface area contributed by atoms with E-state index in [9.17, 15) is 4.79 Å². The highest BCUT2D eigenvalue weighted by Crippen LogP contribution is 2.24. The minimum Gasteiger partial charge on any atom is -0.457 e. The van der Waals surface area contributed by atoms with E-state index < -0.39 is 0 Å². The van der Waals surface area contributed by atoms with Gasteiger partial charge in [0.15, 0.2) is 12.0 Å². The van der Waals surface area contributed by atoms with Crippen LogP contribution in [0.3, 0.4) is 0 Å². The maximum absolute atomic E-state index is 10.5. The number of hydrogen-bond donors (Lipinski definition) is 0. The van der Waals surface area contributed by atoms with Gasteiger partial charge in [0.1, 0.15) is 5.75 Å². The molecule has 0 aliphatic rings. The number of ether oxygens (including phenoxy) is 1. The molecule has 0 radical (unpaired) electrons. The van der Waals surface area contributed by atoms with E-state index in [0.717, 1.165) is 0 Å². The highest BCUT2D eigenvalue weighted by molar-refractivity contribution is 5.75. The fraction of sp³-hybridized carbons (Fsp3) is 0. The zero-order chi connectivity index (χ0) is 9.80. The summed E-state index contributed by atoms with van der Waals surface area (Å²) < 4.78 is 10.3. The molecule has 1 heterocycles. The van der Waals surface area contributed by atoms with Crippen molar-refractivity contribution in [3.63, 3.8) is 0 Å².